The minimum absolute atomic E-state index is 0. The van der Waals surface area contributed by atoms with E-state index in [0.717, 1.165) is 29.6 Å². The van der Waals surface area contributed by atoms with Crippen molar-refractivity contribution in [3.05, 3.63) is 20.3 Å². The summed E-state index contributed by atoms with van der Waals surface area (Å²) in [6.45, 7) is 18.1. The molecule has 2 saturated carbocycles. The number of nitrogens with zero attached hydrogens (tertiary/aromatic N) is 1. The predicted molar refractivity (Wildman–Crippen MR) is 106 cm³/mol. The zero-order chi connectivity index (χ0) is 18.0. The van der Waals surface area contributed by atoms with E-state index in [-0.39, 0.29) is 13.0 Å². The van der Waals surface area contributed by atoms with Gasteiger partial charge in [0.2, 0.25) is 0 Å². The van der Waals surface area contributed by atoms with Crippen LogP contribution in [0.15, 0.2) is 3.34 Å². The normalized spacial score (nSPS) is 32.9. The maximum Gasteiger partial charge on any atom is -0.0435 e. The van der Waals surface area contributed by atoms with Crippen molar-refractivity contribution in [1.82, 2.24) is 0 Å². The third kappa shape index (κ3) is 12.0. The van der Waals surface area contributed by atoms with Gasteiger partial charge >= 0.3 is 50.5 Å². The Bertz CT molecular complexity index is 278. The molecule has 2 aliphatic rings. The van der Waals surface area contributed by atoms with E-state index in [1.165, 1.54) is 53.0 Å². The van der Waals surface area contributed by atoms with Gasteiger partial charge in [-0.15, -0.1) is 0 Å². The molecule has 0 radical (unpaired) electrons. The van der Waals surface area contributed by atoms with E-state index in [0.29, 0.717) is 0 Å². The summed E-state index contributed by atoms with van der Waals surface area (Å²) in [5.74, 6) is 4.28. The summed E-state index contributed by atoms with van der Waals surface area (Å²) in [7, 11) is 0. The SMILES string of the molecule is CC(C)(C)[N]=[Nb].CC1[CH-]C(C)C(C)C(C)C1C.[CH-]1CCCCC1.[CH3-]. The summed E-state index contributed by atoms with van der Waals surface area (Å²) in [6, 6.07) is 0. The van der Waals surface area contributed by atoms with E-state index in [9.17, 15) is 0 Å². The summed E-state index contributed by atoms with van der Waals surface area (Å²) in [6.07, 6.45) is 12.0. The number of hydrogen-bond donors (Lipinski definition) is 0. The molecule has 0 aromatic carbocycles. The minimum atomic E-state index is 0. The first-order chi connectivity index (χ1) is 10.6. The van der Waals surface area contributed by atoms with Gasteiger partial charge in [0.05, 0.1) is 0 Å². The van der Waals surface area contributed by atoms with Gasteiger partial charge in [0.15, 0.2) is 0 Å². The Kier molecular flexibility index (Phi) is 15.3. The van der Waals surface area contributed by atoms with Crippen molar-refractivity contribution in [2.75, 3.05) is 0 Å². The Morgan fingerprint density at radius 1 is 0.792 bits per heavy atom. The van der Waals surface area contributed by atoms with Crippen LogP contribution >= 0.6 is 0 Å². The van der Waals surface area contributed by atoms with Crippen molar-refractivity contribution in [3.63, 3.8) is 0 Å². The molecule has 0 amide bonds. The molecule has 0 bridgehead atoms. The summed E-state index contributed by atoms with van der Waals surface area (Å²) in [4.78, 5) is 0. The van der Waals surface area contributed by atoms with Crippen LogP contribution in [0.25, 0.3) is 0 Å². The van der Waals surface area contributed by atoms with E-state index < -0.39 is 0 Å². The fourth-order valence-corrected chi connectivity index (χ4v) is 3.16. The second kappa shape index (κ2) is 13.7. The molecular formula is C22H44NNb-3. The first-order valence-corrected chi connectivity index (χ1v) is 10.6. The Labute approximate surface area is 166 Å². The average Bonchev–Trinajstić information content (AvgIpc) is 2.53. The molecule has 145 valence electrons. The maximum atomic E-state index is 4.07. The maximum absolute atomic E-state index is 4.07. The smallest absolute Gasteiger partial charge is 0.0435 e. The molecule has 2 heteroatoms. The first-order valence-electron chi connectivity index (χ1n) is 9.63. The fraction of sp³-hybridized carbons (Fsp3) is 0.864. The predicted octanol–water partition coefficient (Wildman–Crippen LogP) is 7.51. The quantitative estimate of drug-likeness (QED) is 0.287. The van der Waals surface area contributed by atoms with Gasteiger partial charge in [-0.3, -0.25) is 0 Å². The van der Waals surface area contributed by atoms with Crippen LogP contribution in [0.1, 0.15) is 87.5 Å². The Hall–Kier alpha value is 0.540. The van der Waals surface area contributed by atoms with Crippen molar-refractivity contribution >= 4 is 0 Å². The second-order valence-corrected chi connectivity index (χ2v) is 9.18. The first kappa shape index (κ1) is 26.8. The molecule has 2 aliphatic carbocycles. The van der Waals surface area contributed by atoms with Crippen LogP contribution in [-0.2, 0) is 20.9 Å². The zero-order valence-electron chi connectivity index (χ0n) is 18.0. The zero-order valence-corrected chi connectivity index (χ0v) is 20.2. The van der Waals surface area contributed by atoms with Crippen LogP contribution in [0.4, 0.5) is 0 Å². The van der Waals surface area contributed by atoms with Gasteiger partial charge < -0.3 is 20.3 Å². The third-order valence-corrected chi connectivity index (χ3v) is 7.02. The minimum Gasteiger partial charge on any atom is -0.358 e. The van der Waals surface area contributed by atoms with Crippen molar-refractivity contribution < 1.29 is 20.9 Å². The standard InChI is InChI=1S/C11H21.C6H11.C4H9N.CH3.Nb/c1-7-6-8(2)10(4)11(5)9(7)3;1-2-4-6-5-3-1;1-4(2,3)5;;/h6-11H,1-5H3;1H,2-6H2;1-3H3;1H3;/q2*-1;;-1;. The summed E-state index contributed by atoms with van der Waals surface area (Å²) in [5, 5.41) is 0. The van der Waals surface area contributed by atoms with Gasteiger partial charge in [-0.1, -0.05) is 65.7 Å². The Morgan fingerprint density at radius 2 is 1.17 bits per heavy atom. The molecule has 4 unspecified atom stereocenters. The van der Waals surface area contributed by atoms with Crippen LogP contribution in [0, 0.1) is 49.9 Å². The molecule has 4 atom stereocenters. The van der Waals surface area contributed by atoms with Crippen LogP contribution < -0.4 is 0 Å². The largest absolute Gasteiger partial charge is 0.358 e. The van der Waals surface area contributed by atoms with Crippen LogP contribution in [0.3, 0.4) is 0 Å². The molecule has 0 aromatic heterocycles. The fourth-order valence-electron chi connectivity index (χ4n) is 3.16. The van der Waals surface area contributed by atoms with E-state index in [1.54, 1.807) is 0 Å². The number of hydrogen-bond acceptors (Lipinski definition) is 1. The van der Waals surface area contributed by atoms with Crippen molar-refractivity contribution in [2.45, 2.75) is 93.0 Å². The van der Waals surface area contributed by atoms with Gasteiger partial charge in [0.1, 0.15) is 0 Å². The molecule has 0 aliphatic heterocycles. The van der Waals surface area contributed by atoms with Crippen molar-refractivity contribution in [3.8, 4) is 0 Å². The summed E-state index contributed by atoms with van der Waals surface area (Å²) < 4.78 is 4.07. The molecule has 1 nitrogen and oxygen atoms in total. The van der Waals surface area contributed by atoms with Gasteiger partial charge in [-0.2, -0.15) is 24.7 Å². The van der Waals surface area contributed by atoms with Gasteiger partial charge in [-0.25, -0.2) is 0 Å². The van der Waals surface area contributed by atoms with Gasteiger partial charge in [-0.05, 0) is 5.92 Å². The molecule has 0 spiro atoms. The molecule has 0 aromatic rings. The van der Waals surface area contributed by atoms with Crippen LogP contribution in [0.5, 0.6) is 0 Å². The van der Waals surface area contributed by atoms with Gasteiger partial charge in [0, 0.05) is 0 Å². The molecule has 0 N–H and O–H groups in total. The monoisotopic (exact) mass is 415 g/mol. The molecule has 2 rings (SSSR count). The molecule has 0 heterocycles. The van der Waals surface area contributed by atoms with E-state index >= 15 is 0 Å². The van der Waals surface area contributed by atoms with E-state index in [1.807, 2.05) is 0 Å². The molecule has 2 fully saturated rings. The average molecular weight is 416 g/mol. The number of rotatable bonds is 0. The topological polar surface area (TPSA) is 12.4 Å². The molecule has 24 heavy (non-hydrogen) atoms. The van der Waals surface area contributed by atoms with E-state index in [4.69, 9.17) is 0 Å². The molecular weight excluding hydrogens is 371 g/mol. The van der Waals surface area contributed by atoms with E-state index in [2.05, 4.69) is 71.6 Å². The summed E-state index contributed by atoms with van der Waals surface area (Å²) >= 11 is 1.52. The Balaban J connectivity index is 0. The van der Waals surface area contributed by atoms with Crippen molar-refractivity contribution in [1.29, 1.82) is 0 Å². The van der Waals surface area contributed by atoms with Crippen molar-refractivity contribution in [2.24, 2.45) is 32.9 Å². The van der Waals surface area contributed by atoms with Gasteiger partial charge in [0.25, 0.3) is 0 Å². The van der Waals surface area contributed by atoms with Crippen LogP contribution in [-0.4, -0.2) is 5.54 Å². The molecule has 0 saturated heterocycles. The second-order valence-electron chi connectivity index (χ2n) is 8.69. The third-order valence-electron chi connectivity index (χ3n) is 5.54. The Morgan fingerprint density at radius 3 is 1.38 bits per heavy atom. The van der Waals surface area contributed by atoms with Crippen LogP contribution in [0.2, 0.25) is 0 Å². The summed E-state index contributed by atoms with van der Waals surface area (Å²) in [5.41, 5.74) is 0.189.